The maximum Gasteiger partial charge on any atom is 0.407 e. The Morgan fingerprint density at radius 3 is 2.18 bits per heavy atom. The third kappa shape index (κ3) is 1.64. The van der Waals surface area contributed by atoms with Crippen molar-refractivity contribution >= 4 is 6.09 Å². The van der Waals surface area contributed by atoms with E-state index in [0.29, 0.717) is 0 Å². The van der Waals surface area contributed by atoms with Gasteiger partial charge in [0.25, 0.3) is 0 Å². The fourth-order valence-electron chi connectivity index (χ4n) is 1.44. The van der Waals surface area contributed by atoms with Gasteiger partial charge in [-0.25, -0.2) is 4.79 Å². The average Bonchev–Trinajstić information content (AvgIpc) is 2.08. The van der Waals surface area contributed by atoms with Gasteiger partial charge in [-0.3, -0.25) is 0 Å². The quantitative estimate of drug-likeness (QED) is 0.579. The van der Waals surface area contributed by atoms with Crippen molar-refractivity contribution < 1.29 is 9.53 Å². The van der Waals surface area contributed by atoms with Crippen LogP contribution in [0.1, 0.15) is 27.7 Å². The molecule has 3 nitrogen and oxygen atoms in total. The van der Waals surface area contributed by atoms with Crippen LogP contribution in [0.4, 0.5) is 4.79 Å². The van der Waals surface area contributed by atoms with E-state index in [1.165, 1.54) is 0 Å². The standard InChI is InChI=1S/C8H15NO2/c1-5-6(8(2,3)4)11-7(10)9-5/h5-6H,1-4H3,(H,9,10)/t5-,6+/m1/s1. The van der Waals surface area contributed by atoms with E-state index in [0.717, 1.165) is 0 Å². The monoisotopic (exact) mass is 157 g/mol. The molecule has 64 valence electrons. The normalized spacial score (nSPS) is 31.5. The highest BCUT2D eigenvalue weighted by molar-refractivity contribution is 5.70. The Hall–Kier alpha value is -0.730. The molecule has 1 amide bonds. The number of ether oxygens (including phenoxy) is 1. The summed E-state index contributed by atoms with van der Waals surface area (Å²) in [6, 6.07) is 0.127. The van der Waals surface area contributed by atoms with Crippen molar-refractivity contribution in [3.05, 3.63) is 0 Å². The molecule has 1 saturated heterocycles. The molecule has 1 heterocycles. The summed E-state index contributed by atoms with van der Waals surface area (Å²) in [5, 5.41) is 2.71. The third-order valence-corrected chi connectivity index (χ3v) is 1.89. The number of hydrogen-bond acceptors (Lipinski definition) is 2. The summed E-state index contributed by atoms with van der Waals surface area (Å²) < 4.78 is 5.09. The molecule has 0 spiro atoms. The van der Waals surface area contributed by atoms with Crippen LogP contribution in [0.15, 0.2) is 0 Å². The summed E-state index contributed by atoms with van der Waals surface area (Å²) in [4.78, 5) is 10.8. The molecule has 0 bridgehead atoms. The van der Waals surface area contributed by atoms with Crippen molar-refractivity contribution in [2.45, 2.75) is 39.8 Å². The van der Waals surface area contributed by atoms with Gasteiger partial charge in [-0.1, -0.05) is 20.8 Å². The largest absolute Gasteiger partial charge is 0.444 e. The van der Waals surface area contributed by atoms with E-state index in [9.17, 15) is 4.79 Å². The molecule has 1 fully saturated rings. The molecule has 11 heavy (non-hydrogen) atoms. The fraction of sp³-hybridized carbons (Fsp3) is 0.875. The molecule has 1 aliphatic heterocycles. The van der Waals surface area contributed by atoms with Crippen LogP contribution in [0.5, 0.6) is 0 Å². The number of cyclic esters (lactones) is 1. The number of carbonyl (C=O) groups excluding carboxylic acids is 1. The van der Waals surface area contributed by atoms with Gasteiger partial charge in [0.05, 0.1) is 6.04 Å². The van der Waals surface area contributed by atoms with Crippen LogP contribution >= 0.6 is 0 Å². The zero-order valence-electron chi connectivity index (χ0n) is 7.47. The molecule has 0 radical (unpaired) electrons. The minimum atomic E-state index is -0.294. The molecule has 1 aliphatic rings. The lowest BCUT2D eigenvalue weighted by molar-refractivity contribution is 0.0590. The minimum absolute atomic E-state index is 0.00463. The lowest BCUT2D eigenvalue weighted by Crippen LogP contribution is -2.37. The second kappa shape index (κ2) is 2.40. The Labute approximate surface area is 67.1 Å². The lowest BCUT2D eigenvalue weighted by Gasteiger charge is -2.27. The summed E-state index contributed by atoms with van der Waals surface area (Å²) in [6.07, 6.45) is -0.299. The van der Waals surface area contributed by atoms with Gasteiger partial charge < -0.3 is 10.1 Å². The molecular formula is C8H15NO2. The van der Waals surface area contributed by atoms with Gasteiger partial charge in [0, 0.05) is 5.41 Å². The molecule has 1 rings (SSSR count). The molecule has 0 aliphatic carbocycles. The highest BCUT2D eigenvalue weighted by Gasteiger charge is 2.38. The highest BCUT2D eigenvalue weighted by atomic mass is 16.6. The zero-order chi connectivity index (χ0) is 8.65. The van der Waals surface area contributed by atoms with Gasteiger partial charge in [-0.15, -0.1) is 0 Å². The second-order valence-electron chi connectivity index (χ2n) is 4.12. The smallest absolute Gasteiger partial charge is 0.407 e. The van der Waals surface area contributed by atoms with Crippen molar-refractivity contribution in [2.75, 3.05) is 0 Å². The predicted molar refractivity (Wildman–Crippen MR) is 42.3 cm³/mol. The van der Waals surface area contributed by atoms with Crippen LogP contribution in [0.3, 0.4) is 0 Å². The Balaban J connectivity index is 2.67. The molecular weight excluding hydrogens is 142 g/mol. The Morgan fingerprint density at radius 1 is 1.45 bits per heavy atom. The number of carbonyl (C=O) groups is 1. The predicted octanol–water partition coefficient (Wildman–Crippen LogP) is 1.53. The molecule has 0 aromatic rings. The van der Waals surface area contributed by atoms with Gasteiger partial charge in [0.1, 0.15) is 6.10 Å². The maximum absolute atomic E-state index is 10.8. The van der Waals surface area contributed by atoms with Crippen LogP contribution < -0.4 is 5.32 Å². The maximum atomic E-state index is 10.8. The molecule has 1 N–H and O–H groups in total. The third-order valence-electron chi connectivity index (χ3n) is 1.89. The second-order valence-corrected chi connectivity index (χ2v) is 4.12. The van der Waals surface area contributed by atoms with Crippen LogP contribution in [-0.2, 0) is 4.74 Å². The van der Waals surface area contributed by atoms with Crippen LogP contribution in [0.2, 0.25) is 0 Å². The first-order valence-electron chi connectivity index (χ1n) is 3.88. The van der Waals surface area contributed by atoms with E-state index in [1.54, 1.807) is 0 Å². The average molecular weight is 157 g/mol. The van der Waals surface area contributed by atoms with E-state index < -0.39 is 0 Å². The highest BCUT2D eigenvalue weighted by Crippen LogP contribution is 2.27. The van der Waals surface area contributed by atoms with E-state index in [1.807, 2.05) is 6.92 Å². The Bertz CT molecular complexity index is 171. The van der Waals surface area contributed by atoms with Gasteiger partial charge in [-0.2, -0.15) is 0 Å². The molecule has 0 saturated carbocycles. The van der Waals surface area contributed by atoms with Crippen molar-refractivity contribution in [1.29, 1.82) is 0 Å². The van der Waals surface area contributed by atoms with E-state index in [2.05, 4.69) is 26.1 Å². The fourth-order valence-corrected chi connectivity index (χ4v) is 1.44. The summed E-state index contributed by atoms with van der Waals surface area (Å²) in [6.45, 7) is 8.15. The topological polar surface area (TPSA) is 38.3 Å². The zero-order valence-corrected chi connectivity index (χ0v) is 7.47. The molecule has 0 unspecified atom stereocenters. The first kappa shape index (κ1) is 8.37. The molecule has 2 atom stereocenters. The first-order chi connectivity index (χ1) is 4.91. The summed E-state index contributed by atoms with van der Waals surface area (Å²) in [7, 11) is 0. The molecule has 0 aromatic heterocycles. The van der Waals surface area contributed by atoms with Crippen molar-refractivity contribution in [2.24, 2.45) is 5.41 Å². The Morgan fingerprint density at radius 2 is 2.00 bits per heavy atom. The number of amides is 1. The molecule has 0 aromatic carbocycles. The van der Waals surface area contributed by atoms with Crippen LogP contribution in [0.25, 0.3) is 0 Å². The van der Waals surface area contributed by atoms with E-state index in [4.69, 9.17) is 4.74 Å². The van der Waals surface area contributed by atoms with Crippen LogP contribution in [0, 0.1) is 5.41 Å². The van der Waals surface area contributed by atoms with Gasteiger partial charge in [0.15, 0.2) is 0 Å². The van der Waals surface area contributed by atoms with E-state index in [-0.39, 0.29) is 23.7 Å². The van der Waals surface area contributed by atoms with Crippen molar-refractivity contribution in [3.8, 4) is 0 Å². The molecule has 3 heteroatoms. The number of alkyl carbamates (subject to hydrolysis) is 1. The van der Waals surface area contributed by atoms with E-state index >= 15 is 0 Å². The van der Waals surface area contributed by atoms with Crippen LogP contribution in [-0.4, -0.2) is 18.2 Å². The first-order valence-corrected chi connectivity index (χ1v) is 3.88. The summed E-state index contributed by atoms with van der Waals surface area (Å²) in [5.41, 5.74) is 0.0264. The lowest BCUT2D eigenvalue weighted by atomic mass is 9.86. The summed E-state index contributed by atoms with van der Waals surface area (Å²) >= 11 is 0. The van der Waals surface area contributed by atoms with Gasteiger partial charge in [0.2, 0.25) is 0 Å². The van der Waals surface area contributed by atoms with Crippen molar-refractivity contribution in [1.82, 2.24) is 5.32 Å². The van der Waals surface area contributed by atoms with Gasteiger partial charge >= 0.3 is 6.09 Å². The SMILES string of the molecule is C[C@H]1NC(=O)O[C@@H]1C(C)(C)C. The minimum Gasteiger partial charge on any atom is -0.444 e. The van der Waals surface area contributed by atoms with Crippen molar-refractivity contribution in [3.63, 3.8) is 0 Å². The summed E-state index contributed by atoms with van der Waals surface area (Å²) in [5.74, 6) is 0. The van der Waals surface area contributed by atoms with Gasteiger partial charge in [-0.05, 0) is 6.92 Å². The number of hydrogen-bond donors (Lipinski definition) is 1. The number of nitrogens with one attached hydrogen (secondary N) is 1. The Kier molecular flexibility index (Phi) is 1.82. The number of rotatable bonds is 0.